The summed E-state index contributed by atoms with van der Waals surface area (Å²) >= 11 is 1.83. The van der Waals surface area contributed by atoms with E-state index in [1.807, 2.05) is 11.3 Å². The maximum absolute atomic E-state index is 5.86. The largest absolute Gasteiger partial charge is 0.329 e. The van der Waals surface area contributed by atoms with Gasteiger partial charge in [0.1, 0.15) is 0 Å². The van der Waals surface area contributed by atoms with Gasteiger partial charge < -0.3 is 5.73 Å². The highest BCUT2D eigenvalue weighted by atomic mass is 32.1. The lowest BCUT2D eigenvalue weighted by atomic mass is 10.1. The van der Waals surface area contributed by atoms with Crippen LogP contribution >= 0.6 is 11.3 Å². The highest BCUT2D eigenvalue weighted by molar-refractivity contribution is 7.10. The number of nitrogens with zero attached hydrogens (tertiary/aromatic N) is 1. The molecule has 1 aliphatic heterocycles. The lowest BCUT2D eigenvalue weighted by Crippen LogP contribution is -2.37. The number of piperidine rings is 1. The summed E-state index contributed by atoms with van der Waals surface area (Å²) in [7, 11) is 0. The molecule has 1 aliphatic rings. The van der Waals surface area contributed by atoms with Crippen molar-refractivity contribution < 1.29 is 0 Å². The van der Waals surface area contributed by atoms with E-state index in [2.05, 4.69) is 22.4 Å². The van der Waals surface area contributed by atoms with Crippen LogP contribution in [0.1, 0.15) is 30.2 Å². The second kappa shape index (κ2) is 4.91. The van der Waals surface area contributed by atoms with Gasteiger partial charge in [-0.15, -0.1) is 11.3 Å². The number of likely N-dealkylation sites (tertiary alicyclic amines) is 1. The lowest BCUT2D eigenvalue weighted by molar-refractivity contribution is 0.170. The van der Waals surface area contributed by atoms with Gasteiger partial charge in [-0.1, -0.05) is 12.5 Å². The molecular formula is C11H18N2S. The fourth-order valence-corrected chi connectivity index (χ4v) is 3.03. The second-order valence-electron chi connectivity index (χ2n) is 3.86. The number of hydrogen-bond donors (Lipinski definition) is 1. The van der Waals surface area contributed by atoms with Crippen molar-refractivity contribution in [3.05, 3.63) is 22.4 Å². The van der Waals surface area contributed by atoms with Crippen molar-refractivity contribution >= 4 is 11.3 Å². The number of nitrogens with two attached hydrogens (primary N) is 1. The molecule has 0 radical (unpaired) electrons. The molecule has 1 fully saturated rings. The SMILES string of the molecule is NC[C@H](c1cccs1)N1CCCCC1. The zero-order valence-corrected chi connectivity index (χ0v) is 9.30. The van der Waals surface area contributed by atoms with Gasteiger partial charge in [-0.25, -0.2) is 0 Å². The van der Waals surface area contributed by atoms with Crippen LogP contribution in [0.5, 0.6) is 0 Å². The highest BCUT2D eigenvalue weighted by Crippen LogP contribution is 2.26. The van der Waals surface area contributed by atoms with Crippen LogP contribution in [0.15, 0.2) is 17.5 Å². The molecule has 1 aromatic heterocycles. The van der Waals surface area contributed by atoms with Crippen molar-refractivity contribution in [2.45, 2.75) is 25.3 Å². The molecule has 1 saturated heterocycles. The van der Waals surface area contributed by atoms with Gasteiger partial charge in [0.15, 0.2) is 0 Å². The molecule has 1 atom stereocenters. The number of rotatable bonds is 3. The average molecular weight is 210 g/mol. The minimum Gasteiger partial charge on any atom is -0.329 e. The van der Waals surface area contributed by atoms with Crippen LogP contribution < -0.4 is 5.73 Å². The van der Waals surface area contributed by atoms with Gasteiger partial charge in [0.2, 0.25) is 0 Å². The molecule has 0 spiro atoms. The third kappa shape index (κ3) is 2.16. The Kier molecular flexibility index (Phi) is 3.56. The van der Waals surface area contributed by atoms with E-state index in [0.29, 0.717) is 6.04 Å². The minimum absolute atomic E-state index is 0.468. The Morgan fingerprint density at radius 3 is 2.71 bits per heavy atom. The predicted octanol–water partition coefficient (Wildman–Crippen LogP) is 2.23. The van der Waals surface area contributed by atoms with Crippen molar-refractivity contribution in [1.29, 1.82) is 0 Å². The monoisotopic (exact) mass is 210 g/mol. The Morgan fingerprint density at radius 2 is 2.14 bits per heavy atom. The van der Waals surface area contributed by atoms with Gasteiger partial charge in [0.05, 0.1) is 6.04 Å². The number of hydrogen-bond acceptors (Lipinski definition) is 3. The average Bonchev–Trinajstić information content (AvgIpc) is 2.74. The Bertz CT molecular complexity index is 252. The van der Waals surface area contributed by atoms with Crippen molar-refractivity contribution in [2.75, 3.05) is 19.6 Å². The maximum Gasteiger partial charge on any atom is 0.0564 e. The van der Waals surface area contributed by atoms with E-state index >= 15 is 0 Å². The van der Waals surface area contributed by atoms with Gasteiger partial charge in [-0.2, -0.15) is 0 Å². The predicted molar refractivity (Wildman–Crippen MR) is 61.5 cm³/mol. The molecule has 0 aliphatic carbocycles. The summed E-state index contributed by atoms with van der Waals surface area (Å²) in [6.07, 6.45) is 4.06. The molecule has 78 valence electrons. The molecule has 0 saturated carbocycles. The van der Waals surface area contributed by atoms with E-state index < -0.39 is 0 Å². The van der Waals surface area contributed by atoms with Crippen LogP contribution in [0.3, 0.4) is 0 Å². The molecule has 0 aromatic carbocycles. The Labute approximate surface area is 89.7 Å². The summed E-state index contributed by atoms with van der Waals surface area (Å²) < 4.78 is 0. The van der Waals surface area contributed by atoms with E-state index in [4.69, 9.17) is 5.73 Å². The van der Waals surface area contributed by atoms with Gasteiger partial charge in [0, 0.05) is 11.4 Å². The molecule has 2 rings (SSSR count). The smallest absolute Gasteiger partial charge is 0.0564 e. The van der Waals surface area contributed by atoms with Crippen LogP contribution in [0.25, 0.3) is 0 Å². The summed E-state index contributed by atoms with van der Waals surface area (Å²) in [6, 6.07) is 4.79. The molecule has 0 unspecified atom stereocenters. The van der Waals surface area contributed by atoms with Crippen LogP contribution in [0.4, 0.5) is 0 Å². The van der Waals surface area contributed by atoms with E-state index in [1.165, 1.54) is 37.2 Å². The summed E-state index contributed by atoms with van der Waals surface area (Å²) in [5.74, 6) is 0. The fraction of sp³-hybridized carbons (Fsp3) is 0.636. The van der Waals surface area contributed by atoms with Crippen LogP contribution in [-0.4, -0.2) is 24.5 Å². The molecule has 2 heterocycles. The topological polar surface area (TPSA) is 29.3 Å². The van der Waals surface area contributed by atoms with Gasteiger partial charge in [-0.05, 0) is 37.4 Å². The molecule has 1 aromatic rings. The van der Waals surface area contributed by atoms with Gasteiger partial charge in [0.25, 0.3) is 0 Å². The zero-order valence-electron chi connectivity index (χ0n) is 8.48. The molecule has 0 amide bonds. The highest BCUT2D eigenvalue weighted by Gasteiger charge is 2.21. The van der Waals surface area contributed by atoms with Gasteiger partial charge >= 0.3 is 0 Å². The standard InChI is InChI=1S/C11H18N2S/c12-9-10(11-5-4-8-14-11)13-6-2-1-3-7-13/h4-5,8,10H,1-3,6-7,9,12H2/t10-/m1/s1. The van der Waals surface area contributed by atoms with Gasteiger partial charge in [-0.3, -0.25) is 4.90 Å². The first-order valence-electron chi connectivity index (χ1n) is 5.39. The Hall–Kier alpha value is -0.380. The minimum atomic E-state index is 0.468. The van der Waals surface area contributed by atoms with E-state index in [-0.39, 0.29) is 0 Å². The second-order valence-corrected chi connectivity index (χ2v) is 4.84. The first-order chi connectivity index (χ1) is 6.92. The third-order valence-electron chi connectivity index (χ3n) is 2.93. The summed E-state index contributed by atoms with van der Waals surface area (Å²) in [4.78, 5) is 3.96. The van der Waals surface area contributed by atoms with Crippen molar-refractivity contribution in [1.82, 2.24) is 4.90 Å². The van der Waals surface area contributed by atoms with E-state index in [9.17, 15) is 0 Å². The Balaban J connectivity index is 2.04. The molecule has 2 N–H and O–H groups in total. The number of thiophene rings is 1. The van der Waals surface area contributed by atoms with Crippen LogP contribution in [0, 0.1) is 0 Å². The first kappa shape index (κ1) is 10.1. The first-order valence-corrected chi connectivity index (χ1v) is 6.27. The quantitative estimate of drug-likeness (QED) is 0.829. The van der Waals surface area contributed by atoms with E-state index in [0.717, 1.165) is 6.54 Å². The molecule has 3 heteroatoms. The zero-order chi connectivity index (χ0) is 9.80. The Morgan fingerprint density at radius 1 is 1.36 bits per heavy atom. The molecule has 2 nitrogen and oxygen atoms in total. The van der Waals surface area contributed by atoms with Crippen LogP contribution in [-0.2, 0) is 0 Å². The maximum atomic E-state index is 5.86. The summed E-state index contributed by atoms with van der Waals surface area (Å²) in [5.41, 5.74) is 5.86. The third-order valence-corrected chi connectivity index (χ3v) is 3.90. The summed E-state index contributed by atoms with van der Waals surface area (Å²) in [6.45, 7) is 3.19. The molecular weight excluding hydrogens is 192 g/mol. The van der Waals surface area contributed by atoms with E-state index in [1.54, 1.807) is 0 Å². The van der Waals surface area contributed by atoms with Crippen molar-refractivity contribution in [3.63, 3.8) is 0 Å². The fourth-order valence-electron chi connectivity index (χ4n) is 2.16. The lowest BCUT2D eigenvalue weighted by Gasteiger charge is -2.33. The van der Waals surface area contributed by atoms with Crippen LogP contribution in [0.2, 0.25) is 0 Å². The van der Waals surface area contributed by atoms with Crippen molar-refractivity contribution in [2.24, 2.45) is 5.73 Å². The molecule has 14 heavy (non-hydrogen) atoms. The summed E-state index contributed by atoms with van der Waals surface area (Å²) in [5, 5.41) is 2.14. The van der Waals surface area contributed by atoms with Crippen molar-refractivity contribution in [3.8, 4) is 0 Å². The molecule has 0 bridgehead atoms. The normalized spacial score (nSPS) is 20.9.